The predicted octanol–water partition coefficient (Wildman–Crippen LogP) is 8.51. The van der Waals surface area contributed by atoms with Crippen LogP contribution in [0.1, 0.15) is 61.6 Å². The predicted molar refractivity (Wildman–Crippen MR) is 148 cm³/mol. The van der Waals surface area contributed by atoms with Crippen LogP contribution in [0.15, 0.2) is 65.1 Å². The van der Waals surface area contributed by atoms with Gasteiger partial charge in [0.15, 0.2) is 0 Å². The van der Waals surface area contributed by atoms with Crippen LogP contribution in [0.25, 0.3) is 33.4 Å². The third kappa shape index (κ3) is 3.29. The van der Waals surface area contributed by atoms with E-state index in [0.717, 1.165) is 60.3 Å². The number of ketones is 1. The molecule has 4 aromatic rings. The van der Waals surface area contributed by atoms with Crippen molar-refractivity contribution in [2.24, 2.45) is 17.3 Å². The SMILES string of the molecule is COc1ccc(-c2c(-c3ccccc3)oc3cc4c(c(C)c23)[C@H]2CC[C@@]3(C)C(=O)CC[C@@H]3[C@@H]2CC4)cc1. The Morgan fingerprint density at radius 1 is 0.946 bits per heavy atom. The van der Waals surface area contributed by atoms with E-state index in [0.29, 0.717) is 23.5 Å². The largest absolute Gasteiger partial charge is 0.497 e. The van der Waals surface area contributed by atoms with Crippen LogP contribution in [0.2, 0.25) is 0 Å². The fourth-order valence-electron chi connectivity index (χ4n) is 8.22. The van der Waals surface area contributed by atoms with E-state index in [2.05, 4.69) is 56.3 Å². The molecule has 2 fully saturated rings. The summed E-state index contributed by atoms with van der Waals surface area (Å²) in [5, 5.41) is 1.24. The maximum atomic E-state index is 12.9. The number of ether oxygens (including phenoxy) is 1. The highest BCUT2D eigenvalue weighted by atomic mass is 16.5. The van der Waals surface area contributed by atoms with Gasteiger partial charge < -0.3 is 9.15 Å². The second kappa shape index (κ2) is 8.34. The Balaban J connectivity index is 1.44. The summed E-state index contributed by atoms with van der Waals surface area (Å²) in [6.07, 6.45) is 6.26. The topological polar surface area (TPSA) is 39.4 Å². The van der Waals surface area contributed by atoms with Crippen LogP contribution in [0.5, 0.6) is 5.75 Å². The van der Waals surface area contributed by atoms with Gasteiger partial charge in [0.25, 0.3) is 0 Å². The van der Waals surface area contributed by atoms with Gasteiger partial charge in [0.2, 0.25) is 0 Å². The molecule has 3 aromatic carbocycles. The molecule has 0 unspecified atom stereocenters. The molecule has 37 heavy (non-hydrogen) atoms. The van der Waals surface area contributed by atoms with Gasteiger partial charge in [0, 0.05) is 28.3 Å². The lowest BCUT2D eigenvalue weighted by Gasteiger charge is -2.48. The van der Waals surface area contributed by atoms with Crippen molar-refractivity contribution in [2.75, 3.05) is 7.11 Å². The molecule has 0 radical (unpaired) electrons. The number of carbonyl (C=O) groups is 1. The fourth-order valence-corrected chi connectivity index (χ4v) is 8.22. The standard InChI is InChI=1S/C34H34O3/c1-20-30-23(11-14-25-26(30)17-18-34(2)27(25)15-16-29(34)35)19-28-31(20)32(21-9-12-24(36-3)13-10-21)33(37-28)22-7-5-4-6-8-22/h4-10,12-13,19,25-27H,11,14-18H2,1-3H3/t25-,26+,27-,34-/m1/s1. The number of Topliss-reactive ketones (excluding diaryl/α,β-unsaturated/α-hetero) is 1. The van der Waals surface area contributed by atoms with Crippen molar-refractivity contribution in [1.29, 1.82) is 0 Å². The van der Waals surface area contributed by atoms with E-state index in [9.17, 15) is 4.79 Å². The zero-order valence-corrected chi connectivity index (χ0v) is 22.0. The number of hydrogen-bond donors (Lipinski definition) is 0. The Bertz CT molecular complexity index is 1510. The van der Waals surface area contributed by atoms with Gasteiger partial charge in [-0.15, -0.1) is 0 Å². The van der Waals surface area contributed by atoms with Crippen molar-refractivity contribution < 1.29 is 13.9 Å². The number of hydrogen-bond acceptors (Lipinski definition) is 3. The van der Waals surface area contributed by atoms with Crippen molar-refractivity contribution in [3.8, 4) is 28.2 Å². The van der Waals surface area contributed by atoms with Crippen LogP contribution in [-0.2, 0) is 11.2 Å². The quantitative estimate of drug-likeness (QED) is 0.289. The molecule has 0 aliphatic heterocycles. The van der Waals surface area contributed by atoms with E-state index < -0.39 is 0 Å². The number of furan rings is 1. The highest BCUT2D eigenvalue weighted by molar-refractivity contribution is 6.04. The highest BCUT2D eigenvalue weighted by Gasteiger charge is 2.54. The first kappa shape index (κ1) is 22.8. The van der Waals surface area contributed by atoms with E-state index in [4.69, 9.17) is 9.15 Å². The first-order valence-corrected chi connectivity index (χ1v) is 13.8. The Morgan fingerprint density at radius 3 is 2.49 bits per heavy atom. The van der Waals surface area contributed by atoms with E-state index in [1.807, 2.05) is 18.2 Å². The Hall–Kier alpha value is -3.33. The summed E-state index contributed by atoms with van der Waals surface area (Å²) in [4.78, 5) is 12.9. The van der Waals surface area contributed by atoms with Gasteiger partial charge in [-0.25, -0.2) is 0 Å². The summed E-state index contributed by atoms with van der Waals surface area (Å²) in [5.41, 5.74) is 8.66. The monoisotopic (exact) mass is 490 g/mol. The summed E-state index contributed by atoms with van der Waals surface area (Å²) in [6, 6.07) is 21.2. The normalized spacial score (nSPS) is 26.6. The first-order chi connectivity index (χ1) is 18.0. The average molecular weight is 491 g/mol. The van der Waals surface area contributed by atoms with Gasteiger partial charge in [-0.1, -0.05) is 49.4 Å². The van der Waals surface area contributed by atoms with E-state index in [1.54, 1.807) is 12.7 Å². The minimum absolute atomic E-state index is 0.0962. The zero-order chi connectivity index (χ0) is 25.3. The number of rotatable bonds is 3. The molecule has 4 atom stereocenters. The lowest BCUT2D eigenvalue weighted by Crippen LogP contribution is -2.42. The lowest BCUT2D eigenvalue weighted by molar-refractivity contribution is -0.129. The highest BCUT2D eigenvalue weighted by Crippen LogP contribution is 2.60. The molecule has 3 aliphatic rings. The Labute approximate surface area is 218 Å². The van der Waals surface area contributed by atoms with E-state index >= 15 is 0 Å². The molecule has 0 amide bonds. The van der Waals surface area contributed by atoms with Crippen molar-refractivity contribution in [1.82, 2.24) is 0 Å². The molecule has 1 heterocycles. The van der Waals surface area contributed by atoms with Crippen molar-refractivity contribution in [3.05, 3.63) is 77.4 Å². The average Bonchev–Trinajstić information content (AvgIpc) is 3.46. The number of fused-ring (bicyclic) bond motifs is 6. The Kier molecular flexibility index (Phi) is 5.15. The molecule has 3 heteroatoms. The number of aryl methyl sites for hydroxylation is 2. The number of benzene rings is 3. The maximum absolute atomic E-state index is 12.9. The second-order valence-corrected chi connectivity index (χ2v) is 11.7. The molecular formula is C34H34O3. The van der Waals surface area contributed by atoms with Crippen LogP contribution in [-0.4, -0.2) is 12.9 Å². The van der Waals surface area contributed by atoms with E-state index in [1.165, 1.54) is 28.5 Å². The van der Waals surface area contributed by atoms with Gasteiger partial charge >= 0.3 is 0 Å². The molecule has 188 valence electrons. The molecule has 7 rings (SSSR count). The zero-order valence-electron chi connectivity index (χ0n) is 22.0. The lowest BCUT2D eigenvalue weighted by atomic mass is 9.55. The van der Waals surface area contributed by atoms with Gasteiger partial charge in [0.1, 0.15) is 22.9 Å². The van der Waals surface area contributed by atoms with Crippen LogP contribution in [0.4, 0.5) is 0 Å². The summed E-state index contributed by atoms with van der Waals surface area (Å²) in [5.74, 6) is 3.98. The van der Waals surface area contributed by atoms with Gasteiger partial charge in [-0.2, -0.15) is 0 Å². The van der Waals surface area contributed by atoms with Gasteiger partial charge in [0.05, 0.1) is 7.11 Å². The molecule has 3 nitrogen and oxygen atoms in total. The van der Waals surface area contributed by atoms with E-state index in [-0.39, 0.29) is 5.41 Å². The molecule has 0 saturated heterocycles. The maximum Gasteiger partial charge on any atom is 0.143 e. The third-order valence-electron chi connectivity index (χ3n) is 10.0. The summed E-state index contributed by atoms with van der Waals surface area (Å²) < 4.78 is 12.2. The smallest absolute Gasteiger partial charge is 0.143 e. The van der Waals surface area contributed by atoms with Gasteiger partial charge in [-0.3, -0.25) is 4.79 Å². The number of carbonyl (C=O) groups excluding carboxylic acids is 1. The summed E-state index contributed by atoms with van der Waals surface area (Å²) in [6.45, 7) is 4.58. The molecule has 3 aliphatic carbocycles. The fraction of sp³-hybridized carbons (Fsp3) is 0.382. The summed E-state index contributed by atoms with van der Waals surface area (Å²) >= 11 is 0. The third-order valence-corrected chi connectivity index (χ3v) is 10.0. The molecule has 0 spiro atoms. The van der Waals surface area contributed by atoms with Crippen molar-refractivity contribution in [3.63, 3.8) is 0 Å². The first-order valence-electron chi connectivity index (χ1n) is 13.8. The van der Waals surface area contributed by atoms with Crippen LogP contribution >= 0.6 is 0 Å². The molecular weight excluding hydrogens is 456 g/mol. The second-order valence-electron chi connectivity index (χ2n) is 11.7. The number of methoxy groups -OCH3 is 1. The van der Waals surface area contributed by atoms with Crippen LogP contribution < -0.4 is 4.74 Å². The van der Waals surface area contributed by atoms with Gasteiger partial charge in [-0.05, 0) is 97.2 Å². The minimum atomic E-state index is -0.0962. The molecule has 1 aromatic heterocycles. The van der Waals surface area contributed by atoms with Crippen molar-refractivity contribution >= 4 is 16.8 Å². The Morgan fingerprint density at radius 2 is 1.73 bits per heavy atom. The minimum Gasteiger partial charge on any atom is -0.497 e. The molecule has 0 bridgehead atoms. The van der Waals surface area contributed by atoms with Crippen LogP contribution in [0.3, 0.4) is 0 Å². The molecule has 0 N–H and O–H groups in total. The summed E-state index contributed by atoms with van der Waals surface area (Å²) in [7, 11) is 1.71. The van der Waals surface area contributed by atoms with Crippen LogP contribution in [0, 0.1) is 24.2 Å². The van der Waals surface area contributed by atoms with Crippen molar-refractivity contribution in [2.45, 2.75) is 58.3 Å². The molecule has 2 saturated carbocycles.